The molecule has 2 atom stereocenters. The lowest BCUT2D eigenvalue weighted by Gasteiger charge is -2.40. The Kier molecular flexibility index (Phi) is 2.13. The quantitative estimate of drug-likeness (QED) is 0.556. The molecule has 2 nitrogen and oxygen atoms in total. The molecular formula is C10H18O2. The van der Waals surface area contributed by atoms with Crippen LogP contribution in [-0.2, 0) is 9.47 Å². The van der Waals surface area contributed by atoms with Crippen molar-refractivity contribution < 1.29 is 9.47 Å². The number of rotatable bonds is 0. The van der Waals surface area contributed by atoms with Crippen LogP contribution in [0.25, 0.3) is 0 Å². The molecule has 2 heteroatoms. The van der Waals surface area contributed by atoms with Gasteiger partial charge in [0.15, 0.2) is 5.79 Å². The second-order valence-corrected chi connectivity index (χ2v) is 4.21. The summed E-state index contributed by atoms with van der Waals surface area (Å²) in [5.74, 6) is -0.183. The SMILES string of the molecule is C[C@@H]1C[C@@H](C)OC2(CCCC2)O1. The third-order valence-electron chi connectivity index (χ3n) is 2.86. The first-order chi connectivity index (χ1) is 5.70. The maximum absolute atomic E-state index is 5.88. The van der Waals surface area contributed by atoms with Crippen molar-refractivity contribution in [3.05, 3.63) is 0 Å². The van der Waals surface area contributed by atoms with Crippen LogP contribution in [-0.4, -0.2) is 18.0 Å². The van der Waals surface area contributed by atoms with Crippen LogP contribution in [0, 0.1) is 0 Å². The van der Waals surface area contributed by atoms with E-state index in [1.54, 1.807) is 0 Å². The molecule has 0 aromatic heterocycles. The molecular weight excluding hydrogens is 152 g/mol. The van der Waals surface area contributed by atoms with Gasteiger partial charge in [0.05, 0.1) is 12.2 Å². The summed E-state index contributed by atoms with van der Waals surface area (Å²) in [6, 6.07) is 0. The molecule has 0 aromatic carbocycles. The maximum Gasteiger partial charge on any atom is 0.168 e. The molecule has 0 radical (unpaired) electrons. The second-order valence-electron chi connectivity index (χ2n) is 4.21. The van der Waals surface area contributed by atoms with Crippen molar-refractivity contribution >= 4 is 0 Å². The predicted octanol–water partition coefficient (Wildman–Crippen LogP) is 2.47. The van der Waals surface area contributed by atoms with E-state index in [1.165, 1.54) is 12.8 Å². The van der Waals surface area contributed by atoms with E-state index in [0.29, 0.717) is 12.2 Å². The molecule has 0 amide bonds. The Hall–Kier alpha value is -0.0800. The summed E-state index contributed by atoms with van der Waals surface area (Å²) >= 11 is 0. The van der Waals surface area contributed by atoms with Crippen molar-refractivity contribution in [1.82, 2.24) is 0 Å². The number of ether oxygens (including phenoxy) is 2. The Morgan fingerprint density at radius 1 is 1.00 bits per heavy atom. The molecule has 1 aliphatic carbocycles. The molecule has 2 rings (SSSR count). The van der Waals surface area contributed by atoms with Crippen LogP contribution in [0.15, 0.2) is 0 Å². The van der Waals surface area contributed by atoms with Crippen molar-refractivity contribution in [3.63, 3.8) is 0 Å². The molecule has 70 valence electrons. The first kappa shape index (κ1) is 8.52. The van der Waals surface area contributed by atoms with Crippen molar-refractivity contribution in [2.24, 2.45) is 0 Å². The van der Waals surface area contributed by atoms with Gasteiger partial charge in [-0.1, -0.05) is 0 Å². The smallest absolute Gasteiger partial charge is 0.168 e. The fourth-order valence-electron chi connectivity index (χ4n) is 2.47. The molecule has 0 aromatic rings. The van der Waals surface area contributed by atoms with E-state index in [1.807, 2.05) is 0 Å². The Morgan fingerprint density at radius 2 is 1.50 bits per heavy atom. The molecule has 0 unspecified atom stereocenters. The lowest BCUT2D eigenvalue weighted by atomic mass is 10.1. The monoisotopic (exact) mass is 170 g/mol. The van der Waals surface area contributed by atoms with Crippen LogP contribution in [0.1, 0.15) is 46.0 Å². The van der Waals surface area contributed by atoms with E-state index in [9.17, 15) is 0 Å². The fourth-order valence-corrected chi connectivity index (χ4v) is 2.47. The Labute approximate surface area is 74.2 Å². The van der Waals surface area contributed by atoms with E-state index in [2.05, 4.69) is 13.8 Å². The summed E-state index contributed by atoms with van der Waals surface area (Å²) in [6.45, 7) is 4.30. The number of hydrogen-bond donors (Lipinski definition) is 0. The minimum Gasteiger partial charge on any atom is -0.347 e. The van der Waals surface area contributed by atoms with Crippen molar-refractivity contribution in [3.8, 4) is 0 Å². The zero-order valence-electron chi connectivity index (χ0n) is 8.01. The van der Waals surface area contributed by atoms with E-state index in [0.717, 1.165) is 19.3 Å². The van der Waals surface area contributed by atoms with E-state index < -0.39 is 0 Å². The highest BCUT2D eigenvalue weighted by atomic mass is 16.7. The van der Waals surface area contributed by atoms with Gasteiger partial charge in [-0.2, -0.15) is 0 Å². The third kappa shape index (κ3) is 1.50. The molecule has 1 spiro atoms. The van der Waals surface area contributed by atoms with E-state index >= 15 is 0 Å². The molecule has 0 bridgehead atoms. The molecule has 1 aliphatic heterocycles. The summed E-state index contributed by atoms with van der Waals surface area (Å²) in [6.07, 6.45) is 6.53. The normalized spacial score (nSPS) is 40.5. The molecule has 2 aliphatic rings. The van der Waals surface area contributed by atoms with Crippen molar-refractivity contribution in [1.29, 1.82) is 0 Å². The highest BCUT2D eigenvalue weighted by Gasteiger charge is 2.42. The first-order valence-electron chi connectivity index (χ1n) is 5.06. The van der Waals surface area contributed by atoms with Crippen LogP contribution in [0.5, 0.6) is 0 Å². The summed E-state index contributed by atoms with van der Waals surface area (Å²) < 4.78 is 11.8. The van der Waals surface area contributed by atoms with Crippen LogP contribution in [0.2, 0.25) is 0 Å². The highest BCUT2D eigenvalue weighted by Crippen LogP contribution is 2.40. The summed E-state index contributed by atoms with van der Waals surface area (Å²) in [5.41, 5.74) is 0. The van der Waals surface area contributed by atoms with Gasteiger partial charge in [0.25, 0.3) is 0 Å². The van der Waals surface area contributed by atoms with Gasteiger partial charge in [-0.25, -0.2) is 0 Å². The van der Waals surface area contributed by atoms with Crippen LogP contribution >= 0.6 is 0 Å². The van der Waals surface area contributed by atoms with Gasteiger partial charge in [0.1, 0.15) is 0 Å². The maximum atomic E-state index is 5.88. The van der Waals surface area contributed by atoms with Crippen molar-refractivity contribution in [2.75, 3.05) is 0 Å². The third-order valence-corrected chi connectivity index (χ3v) is 2.86. The lowest BCUT2D eigenvalue weighted by Crippen LogP contribution is -2.44. The van der Waals surface area contributed by atoms with Gasteiger partial charge in [0, 0.05) is 12.8 Å². The number of hydrogen-bond acceptors (Lipinski definition) is 2. The van der Waals surface area contributed by atoms with Gasteiger partial charge in [-0.05, 0) is 33.1 Å². The van der Waals surface area contributed by atoms with Crippen LogP contribution < -0.4 is 0 Å². The van der Waals surface area contributed by atoms with Crippen molar-refractivity contribution in [2.45, 2.75) is 63.9 Å². The van der Waals surface area contributed by atoms with Crippen LogP contribution in [0.3, 0.4) is 0 Å². The van der Waals surface area contributed by atoms with Gasteiger partial charge < -0.3 is 9.47 Å². The van der Waals surface area contributed by atoms with E-state index in [-0.39, 0.29) is 5.79 Å². The fraction of sp³-hybridized carbons (Fsp3) is 1.00. The summed E-state index contributed by atoms with van der Waals surface area (Å²) in [4.78, 5) is 0. The van der Waals surface area contributed by atoms with Gasteiger partial charge in [-0.15, -0.1) is 0 Å². The molecule has 1 heterocycles. The summed E-state index contributed by atoms with van der Waals surface area (Å²) in [5, 5.41) is 0. The average Bonchev–Trinajstić information content (AvgIpc) is 2.33. The second kappa shape index (κ2) is 3.00. The molecule has 0 N–H and O–H groups in total. The van der Waals surface area contributed by atoms with Gasteiger partial charge in [0.2, 0.25) is 0 Å². The Bertz CT molecular complexity index is 149. The topological polar surface area (TPSA) is 18.5 Å². The minimum atomic E-state index is -0.183. The first-order valence-corrected chi connectivity index (χ1v) is 5.06. The Morgan fingerprint density at radius 3 is 2.00 bits per heavy atom. The van der Waals surface area contributed by atoms with Gasteiger partial charge in [-0.3, -0.25) is 0 Å². The Balaban J connectivity index is 2.04. The lowest BCUT2D eigenvalue weighted by molar-refractivity contribution is -0.307. The zero-order chi connectivity index (χ0) is 8.60. The molecule has 1 saturated carbocycles. The standard InChI is InChI=1S/C10H18O2/c1-8-7-9(2)12-10(11-8)5-3-4-6-10/h8-9H,3-7H2,1-2H3/t8-,9-/m1/s1. The largest absolute Gasteiger partial charge is 0.347 e. The predicted molar refractivity (Wildman–Crippen MR) is 46.9 cm³/mol. The van der Waals surface area contributed by atoms with Gasteiger partial charge >= 0.3 is 0 Å². The molecule has 2 fully saturated rings. The average molecular weight is 170 g/mol. The molecule has 12 heavy (non-hydrogen) atoms. The zero-order valence-corrected chi connectivity index (χ0v) is 8.01. The van der Waals surface area contributed by atoms with Crippen LogP contribution in [0.4, 0.5) is 0 Å². The highest BCUT2D eigenvalue weighted by molar-refractivity contribution is 4.83. The summed E-state index contributed by atoms with van der Waals surface area (Å²) in [7, 11) is 0. The van der Waals surface area contributed by atoms with E-state index in [4.69, 9.17) is 9.47 Å². The molecule has 1 saturated heterocycles. The minimum absolute atomic E-state index is 0.183.